The van der Waals surface area contributed by atoms with Gasteiger partial charge in [0.15, 0.2) is 0 Å². The Labute approximate surface area is 460 Å². The Morgan fingerprint density at radius 3 is 1.95 bits per heavy atom. The summed E-state index contributed by atoms with van der Waals surface area (Å²) in [5.74, 6) is -10.1. The molecule has 15 N–H and O–H groups in total. The molecule has 2 aliphatic rings. The smallest absolute Gasteiger partial charge is 0.292 e. The minimum Gasteiger partial charge on any atom is -0.508 e. The minimum absolute atomic E-state index is 0.0289. The van der Waals surface area contributed by atoms with Gasteiger partial charge in [0.1, 0.15) is 48.0 Å². The first-order valence-corrected chi connectivity index (χ1v) is 28.3. The summed E-state index contributed by atoms with van der Waals surface area (Å²) < 4.78 is 0. The van der Waals surface area contributed by atoms with E-state index in [1.807, 2.05) is 13.8 Å². The molecule has 0 radical (unpaired) electrons. The molecule has 26 nitrogen and oxygen atoms in total. The summed E-state index contributed by atoms with van der Waals surface area (Å²) in [6, 6.07) is -3.85. The second kappa shape index (κ2) is 33.1. The third kappa shape index (κ3) is 22.7. The zero-order chi connectivity index (χ0) is 57.4. The van der Waals surface area contributed by atoms with Gasteiger partial charge in [0.2, 0.25) is 65.0 Å². The monoisotopic (exact) mass is 1140 g/mol. The molecule has 3 rings (SSSR count). The molecule has 77 heavy (non-hydrogen) atoms. The Kier molecular flexibility index (Phi) is 27.9. The number of thiol groups is 1. The molecule has 0 aromatic heterocycles. The molecule has 0 unspecified atom stereocenters. The number of aromatic hydroxyl groups is 1. The van der Waals surface area contributed by atoms with E-state index in [-0.39, 0.29) is 60.6 Å². The van der Waals surface area contributed by atoms with Crippen LogP contribution in [0, 0.1) is 11.8 Å². The number of amides is 12. The number of piperazine rings is 1. The highest BCUT2D eigenvalue weighted by molar-refractivity contribution is 8.82. The van der Waals surface area contributed by atoms with Gasteiger partial charge in [-0.1, -0.05) is 57.0 Å². The Balaban J connectivity index is 1.92. The summed E-state index contributed by atoms with van der Waals surface area (Å²) in [5, 5.41) is 30.5. The summed E-state index contributed by atoms with van der Waals surface area (Å²) >= 11 is 4.09. The normalized spacial score (nSPS) is 17.0. The molecule has 428 valence electrons. The number of hydrogen-bond donors (Lipinski definition) is 13. The number of carbonyl (C=O) groups is 12. The van der Waals surface area contributed by atoms with Crippen LogP contribution in [0.25, 0.3) is 0 Å². The number of benzene rings is 1. The molecule has 8 atom stereocenters. The van der Waals surface area contributed by atoms with E-state index < -0.39 is 139 Å². The maximum Gasteiger partial charge on any atom is 0.292 e. The molecule has 2 saturated heterocycles. The van der Waals surface area contributed by atoms with Crippen molar-refractivity contribution in [3.63, 3.8) is 0 Å². The van der Waals surface area contributed by atoms with Crippen LogP contribution in [-0.2, 0) is 59.2 Å². The van der Waals surface area contributed by atoms with Crippen LogP contribution in [0.2, 0.25) is 0 Å². The molecule has 2 aliphatic heterocycles. The summed E-state index contributed by atoms with van der Waals surface area (Å²) in [6.45, 7) is 8.55. The molecule has 12 amide bonds. The number of phenols is 1. The lowest BCUT2D eigenvalue weighted by atomic mass is 9.96. The van der Waals surface area contributed by atoms with Gasteiger partial charge in [-0.2, -0.15) is 12.6 Å². The quantitative estimate of drug-likeness (QED) is 0.0268. The average molecular weight is 1140 g/mol. The molecule has 0 bridgehead atoms. The first-order valence-electron chi connectivity index (χ1n) is 25.4. The van der Waals surface area contributed by atoms with Crippen molar-refractivity contribution in [2.24, 2.45) is 29.0 Å². The second-order valence-corrected chi connectivity index (χ2v) is 21.9. The van der Waals surface area contributed by atoms with Crippen LogP contribution < -0.4 is 59.7 Å². The van der Waals surface area contributed by atoms with E-state index in [9.17, 15) is 62.6 Å². The number of carbonyl (C=O) groups excluding carboxylic acids is 12. The Morgan fingerprint density at radius 2 is 1.35 bits per heavy atom. The van der Waals surface area contributed by atoms with E-state index in [0.29, 0.717) is 44.6 Å². The van der Waals surface area contributed by atoms with E-state index in [2.05, 4.69) is 55.2 Å². The Morgan fingerprint density at radius 1 is 0.727 bits per heavy atom. The fourth-order valence-electron chi connectivity index (χ4n) is 8.17. The summed E-state index contributed by atoms with van der Waals surface area (Å²) in [6.07, 6.45) is -0.814. The van der Waals surface area contributed by atoms with E-state index in [1.165, 1.54) is 17.0 Å². The maximum absolute atomic E-state index is 14.6. The molecule has 0 saturated carbocycles. The van der Waals surface area contributed by atoms with Crippen LogP contribution in [0.4, 0.5) is 4.79 Å². The SMILES string of the molecule is CC[C@H](C)[C@H](NC(=O)[C@H](Cc1ccc(O)cc1)NC(=O)CCS)C(=O)N[C@@H](CCC(N)=O)C(=O)N[C@@H](CC(N)=O)C(=O)N[C@H](CSSC(=O)N1CCNCC1)C(=O)N1CCC[C@H]1C(=O)N[C@@H](CC(C)C)C(=O)NCC(N)=O. The van der Waals surface area contributed by atoms with Gasteiger partial charge in [-0.15, -0.1) is 0 Å². The van der Waals surface area contributed by atoms with Gasteiger partial charge >= 0.3 is 0 Å². The number of hydrogen-bond acceptors (Lipinski definition) is 17. The predicted octanol–water partition coefficient (Wildman–Crippen LogP) is -2.60. The van der Waals surface area contributed by atoms with Crippen molar-refractivity contribution in [2.75, 3.05) is 50.8 Å². The largest absolute Gasteiger partial charge is 0.508 e. The first-order chi connectivity index (χ1) is 36.4. The number of nitrogens with zero attached hydrogens (tertiary/aromatic N) is 2. The average Bonchev–Trinajstić information content (AvgIpc) is 3.88. The zero-order valence-electron chi connectivity index (χ0n) is 43.8. The summed E-state index contributed by atoms with van der Waals surface area (Å²) in [7, 11) is 1.74. The molecule has 29 heteroatoms. The van der Waals surface area contributed by atoms with E-state index in [0.717, 1.165) is 21.6 Å². The number of phenolic OH excluding ortho intramolecular Hbond substituents is 1. The molecule has 1 aromatic rings. The van der Waals surface area contributed by atoms with Gasteiger partial charge in [0.25, 0.3) is 5.24 Å². The lowest BCUT2D eigenvalue weighted by molar-refractivity contribution is -0.142. The number of nitrogens with two attached hydrogens (primary N) is 3. The van der Waals surface area contributed by atoms with Crippen molar-refractivity contribution in [1.29, 1.82) is 0 Å². The topological polar surface area (TPSA) is 406 Å². The third-order valence-corrected chi connectivity index (χ3v) is 14.9. The molecule has 2 fully saturated rings. The lowest BCUT2D eigenvalue weighted by Crippen LogP contribution is -2.61. The Hall–Kier alpha value is -6.33. The summed E-state index contributed by atoms with van der Waals surface area (Å²) in [4.78, 5) is 163. The fraction of sp³-hybridized carbons (Fsp3) is 0.625. The lowest BCUT2D eigenvalue weighted by Gasteiger charge is -2.31. The molecular weight excluding hydrogens is 1060 g/mol. The second-order valence-electron chi connectivity index (χ2n) is 19.1. The summed E-state index contributed by atoms with van der Waals surface area (Å²) in [5.41, 5.74) is 16.8. The van der Waals surface area contributed by atoms with Gasteiger partial charge in [-0.25, -0.2) is 0 Å². The first kappa shape index (κ1) is 65.0. The van der Waals surface area contributed by atoms with Crippen molar-refractivity contribution in [3.05, 3.63) is 29.8 Å². The maximum atomic E-state index is 14.6. The predicted molar refractivity (Wildman–Crippen MR) is 290 cm³/mol. The zero-order valence-corrected chi connectivity index (χ0v) is 46.3. The van der Waals surface area contributed by atoms with Gasteiger partial charge in [-0.3, -0.25) is 57.5 Å². The Bertz CT molecular complexity index is 2260. The number of likely N-dealkylation sites (tertiary alicyclic amines) is 1. The standard InChI is InChI=1S/C48H75N13O13S3/c1-5-27(4)40(59-44(70)32(54-39(66)14-20-75)22-28-8-10-29(62)11-9-28)46(72)55-30(12-13-36(49)63)42(68)56-33(23-37(50)64)43(69)58-34(25-76-77-48(74)60-18-15-52-16-19-60)47(73)61-17-6-7-35(61)45(71)57-31(21-26(2)3)41(67)53-24-38(51)65/h8-11,26-27,30-35,40,52,62,75H,5-7,12-25H2,1-4H3,(H2,49,63)(H2,50,64)(H2,51,65)(H,53,67)(H,54,66)(H,55,72)(H,56,68)(H,57,71)(H,58,69)(H,59,70)/t27-,30-,31-,32-,33-,34+,35-,40-/m0/s1. The van der Waals surface area contributed by atoms with Crippen molar-refractivity contribution in [3.8, 4) is 5.75 Å². The van der Waals surface area contributed by atoms with Crippen molar-refractivity contribution >= 4 is 104 Å². The van der Waals surface area contributed by atoms with Crippen LogP contribution in [0.5, 0.6) is 5.75 Å². The van der Waals surface area contributed by atoms with Gasteiger partial charge in [0, 0.05) is 68.5 Å². The molecule has 0 spiro atoms. The van der Waals surface area contributed by atoms with Crippen LogP contribution in [0.3, 0.4) is 0 Å². The third-order valence-electron chi connectivity index (χ3n) is 12.5. The highest BCUT2D eigenvalue weighted by atomic mass is 33.1. The number of nitrogens with one attached hydrogen (secondary N) is 8. The molecule has 1 aromatic carbocycles. The molecule has 2 heterocycles. The molecular formula is C48H75N13O13S3. The fourth-order valence-corrected chi connectivity index (χ4v) is 10.4. The van der Waals surface area contributed by atoms with Crippen molar-refractivity contribution in [1.82, 2.24) is 52.3 Å². The van der Waals surface area contributed by atoms with Crippen LogP contribution in [0.15, 0.2) is 24.3 Å². The van der Waals surface area contributed by atoms with Gasteiger partial charge in [0.05, 0.1) is 13.0 Å². The number of rotatable bonds is 31. The highest BCUT2D eigenvalue weighted by Gasteiger charge is 2.41. The van der Waals surface area contributed by atoms with Gasteiger partial charge < -0.3 is 74.6 Å². The van der Waals surface area contributed by atoms with Crippen LogP contribution in [-0.4, -0.2) is 178 Å². The van der Waals surface area contributed by atoms with E-state index in [1.54, 1.807) is 30.9 Å². The van der Waals surface area contributed by atoms with Crippen LogP contribution >= 0.6 is 34.2 Å². The molecule has 0 aliphatic carbocycles. The van der Waals surface area contributed by atoms with Crippen molar-refractivity contribution in [2.45, 2.75) is 128 Å². The van der Waals surface area contributed by atoms with Crippen molar-refractivity contribution < 1.29 is 62.6 Å². The highest BCUT2D eigenvalue weighted by Crippen LogP contribution is 2.28. The van der Waals surface area contributed by atoms with Crippen LogP contribution in [0.1, 0.15) is 84.6 Å². The van der Waals surface area contributed by atoms with Gasteiger partial charge in [-0.05, 0) is 61.0 Å². The van der Waals surface area contributed by atoms with E-state index in [4.69, 9.17) is 17.2 Å². The number of primary amides is 3. The van der Waals surface area contributed by atoms with E-state index >= 15 is 0 Å². The minimum atomic E-state index is -1.82.